The van der Waals surface area contributed by atoms with Gasteiger partial charge in [0, 0.05) is 35.6 Å². The quantitative estimate of drug-likeness (QED) is 0.303. The van der Waals surface area contributed by atoms with Crippen molar-refractivity contribution in [3.05, 3.63) is 60.4 Å². The van der Waals surface area contributed by atoms with Crippen molar-refractivity contribution in [1.29, 1.82) is 0 Å². The second-order valence-corrected chi connectivity index (χ2v) is 10.6. The number of nitrogen functional groups attached to an aromatic ring is 1. The molecule has 2 fully saturated rings. The lowest BCUT2D eigenvalue weighted by Gasteiger charge is -2.16. The van der Waals surface area contributed by atoms with E-state index in [0.29, 0.717) is 5.92 Å². The molecule has 5 aliphatic rings. The van der Waals surface area contributed by atoms with Gasteiger partial charge < -0.3 is 11.2 Å². The third-order valence-corrected chi connectivity index (χ3v) is 8.66. The molecule has 174 valence electrons. The van der Waals surface area contributed by atoms with E-state index in [1.807, 2.05) is 12.1 Å². The Bertz CT molecular complexity index is 1340. The molecule has 0 radical (unpaired) electrons. The smallest absolute Gasteiger partial charge is 0.239 e. The Morgan fingerprint density at radius 3 is 2.50 bits per heavy atom. The number of hydrogen-bond donors (Lipinski definition) is 3. The van der Waals surface area contributed by atoms with E-state index in [0.717, 1.165) is 24.6 Å². The third kappa shape index (κ3) is 3.16. The maximum Gasteiger partial charge on any atom is 0.239 e. The topological polar surface area (TPSA) is 64.8 Å². The third-order valence-electron chi connectivity index (χ3n) is 7.57. The second-order valence-electron chi connectivity index (χ2n) is 9.69. The number of nitrogens with zero attached hydrogens (tertiary/aromatic N) is 4. The Hall–Kier alpha value is -3.23. The molecule has 7 nitrogen and oxygen atoms in total. The molecule has 34 heavy (non-hydrogen) atoms. The van der Waals surface area contributed by atoms with Crippen LogP contribution in [0.1, 0.15) is 38.5 Å². The van der Waals surface area contributed by atoms with Crippen LogP contribution in [0.5, 0.6) is 0 Å². The highest BCUT2D eigenvalue weighted by Crippen LogP contribution is 2.38. The summed E-state index contributed by atoms with van der Waals surface area (Å²) in [5, 5.41) is 2.13. The molecular weight excluding hydrogens is 442 g/mol. The summed E-state index contributed by atoms with van der Waals surface area (Å²) in [4.78, 5) is 2.51. The van der Waals surface area contributed by atoms with Gasteiger partial charge in [-0.1, -0.05) is 25.0 Å². The summed E-state index contributed by atoms with van der Waals surface area (Å²) in [7, 11) is 0. The lowest BCUT2D eigenvalue weighted by atomic mass is 10.0. The van der Waals surface area contributed by atoms with E-state index in [9.17, 15) is 0 Å². The number of fused-ring (bicyclic) bond motifs is 2. The van der Waals surface area contributed by atoms with Gasteiger partial charge in [0.15, 0.2) is 11.7 Å². The molecule has 4 N–H and O–H groups in total. The van der Waals surface area contributed by atoms with Gasteiger partial charge in [0.05, 0.1) is 18.7 Å². The van der Waals surface area contributed by atoms with Crippen molar-refractivity contribution < 1.29 is 3.96 Å². The van der Waals surface area contributed by atoms with Crippen molar-refractivity contribution in [2.24, 2.45) is 5.92 Å². The molecule has 1 saturated carbocycles. The Balaban J connectivity index is 1.40. The van der Waals surface area contributed by atoms with Crippen LogP contribution in [0, 0.1) is 5.92 Å². The summed E-state index contributed by atoms with van der Waals surface area (Å²) in [6.07, 6.45) is 9.97. The van der Waals surface area contributed by atoms with Crippen molar-refractivity contribution in [2.45, 2.75) is 38.5 Å². The highest BCUT2D eigenvalue weighted by atomic mass is 32.1. The van der Waals surface area contributed by atoms with E-state index in [1.54, 1.807) is 11.7 Å². The zero-order valence-electron chi connectivity index (χ0n) is 19.2. The number of nitrogens with one attached hydrogen (secondary N) is 2. The number of nitrogens with two attached hydrogens (primary N) is 1. The summed E-state index contributed by atoms with van der Waals surface area (Å²) in [6.45, 7) is 2.25. The van der Waals surface area contributed by atoms with Crippen molar-refractivity contribution in [3.8, 4) is 16.8 Å². The zero-order valence-corrected chi connectivity index (χ0v) is 20.0. The number of aromatic nitrogens is 2. The minimum atomic E-state index is 0.635. The van der Waals surface area contributed by atoms with Crippen molar-refractivity contribution in [3.63, 3.8) is 0 Å². The van der Waals surface area contributed by atoms with Gasteiger partial charge in [0.2, 0.25) is 11.6 Å². The summed E-state index contributed by atoms with van der Waals surface area (Å²) < 4.78 is 4.75. The molecule has 0 spiro atoms. The van der Waals surface area contributed by atoms with Crippen LogP contribution in [-0.2, 0) is 0 Å². The monoisotopic (exact) mass is 472 g/mol. The predicted molar refractivity (Wildman–Crippen MR) is 138 cm³/mol. The zero-order chi connectivity index (χ0) is 22.6. The van der Waals surface area contributed by atoms with Crippen LogP contribution in [0.2, 0.25) is 0 Å². The van der Waals surface area contributed by atoms with Crippen LogP contribution in [0.4, 0.5) is 17.3 Å². The Kier molecular flexibility index (Phi) is 4.70. The fourth-order valence-electron chi connectivity index (χ4n) is 5.78. The molecule has 1 aromatic carbocycles. The lowest BCUT2D eigenvalue weighted by molar-refractivity contribution is -0.505. The van der Waals surface area contributed by atoms with Gasteiger partial charge in [-0.25, -0.2) is 5.01 Å². The standard InChI is InChI=1S/C26H29N7S/c27-20-9-7-19(8-10-20)26-22-11-13-24(30-15-3-4-16-30)32(22)34-33-23(26)12-14-25(33)31-17-21(28-29-31)18-5-1-2-6-18/h7-14,17-18,27-29H,1-6,15-16H2/p+1. The fourth-order valence-corrected chi connectivity index (χ4v) is 6.91. The van der Waals surface area contributed by atoms with Gasteiger partial charge in [-0.05, 0) is 55.5 Å². The van der Waals surface area contributed by atoms with Crippen LogP contribution in [-0.4, -0.2) is 16.9 Å². The van der Waals surface area contributed by atoms with Gasteiger partial charge in [0.25, 0.3) is 0 Å². The van der Waals surface area contributed by atoms with Crippen LogP contribution < -0.4 is 30.6 Å². The first kappa shape index (κ1) is 20.2. The minimum absolute atomic E-state index is 0.635. The van der Waals surface area contributed by atoms with E-state index >= 15 is 0 Å². The predicted octanol–water partition coefficient (Wildman–Crippen LogP) is 4.43. The maximum absolute atomic E-state index is 6.03. The van der Waals surface area contributed by atoms with Gasteiger partial charge >= 0.3 is 0 Å². The molecule has 1 aliphatic carbocycles. The van der Waals surface area contributed by atoms with Crippen molar-refractivity contribution in [1.82, 2.24) is 14.8 Å². The number of hydrogen-bond acceptors (Lipinski definition) is 6. The molecular formula is C26H30N7S+. The fraction of sp³-hybridized carbons (Fsp3) is 0.346. The number of benzene rings is 1. The second kappa shape index (κ2) is 7.92. The van der Waals surface area contributed by atoms with Gasteiger partial charge in [0.1, 0.15) is 11.2 Å². The van der Waals surface area contributed by atoms with E-state index < -0.39 is 0 Å². The van der Waals surface area contributed by atoms with Crippen LogP contribution >= 0.6 is 11.7 Å². The number of hydrazine groups is 2. The summed E-state index contributed by atoms with van der Waals surface area (Å²) in [5.74, 6) is 3.03. The lowest BCUT2D eigenvalue weighted by Crippen LogP contribution is -2.39. The Morgan fingerprint density at radius 1 is 0.912 bits per heavy atom. The molecule has 0 amide bonds. The molecule has 4 aliphatic heterocycles. The first-order valence-corrected chi connectivity index (χ1v) is 13.1. The molecule has 8 heteroatoms. The number of anilines is 3. The highest BCUT2D eigenvalue weighted by Gasteiger charge is 2.32. The summed E-state index contributed by atoms with van der Waals surface area (Å²) in [5.41, 5.74) is 19.8. The maximum atomic E-state index is 6.03. The van der Waals surface area contributed by atoms with Crippen LogP contribution in [0.25, 0.3) is 22.3 Å². The largest absolute Gasteiger partial charge is 0.399 e. The van der Waals surface area contributed by atoms with Gasteiger partial charge in [-0.15, -0.1) is 9.49 Å². The molecule has 2 aromatic rings. The number of allylic oxidation sites excluding steroid dienone is 1. The minimum Gasteiger partial charge on any atom is -0.399 e. The molecule has 7 rings (SSSR count). The van der Waals surface area contributed by atoms with Crippen molar-refractivity contribution in [2.75, 3.05) is 28.7 Å². The van der Waals surface area contributed by atoms with E-state index in [-0.39, 0.29) is 0 Å². The Labute approximate surface area is 203 Å². The summed E-state index contributed by atoms with van der Waals surface area (Å²) in [6, 6.07) is 17.3. The highest BCUT2D eigenvalue weighted by molar-refractivity contribution is 6.96. The summed E-state index contributed by atoms with van der Waals surface area (Å²) >= 11 is 1.77. The average molecular weight is 473 g/mol. The molecule has 0 unspecified atom stereocenters. The van der Waals surface area contributed by atoms with Crippen LogP contribution in [0.3, 0.4) is 0 Å². The first-order chi connectivity index (χ1) is 16.8. The average Bonchev–Trinajstić information content (AvgIpc) is 3.65. The molecule has 1 saturated heterocycles. The molecule has 0 atom stereocenters. The first-order valence-electron chi connectivity index (χ1n) is 12.4. The SMILES string of the molecule is Nc1ccc(-c2c3ccc(N4CCCC4)[n+]-3sn3c(N4C=C(C5CCCC5)NN4)ccc23)cc1. The van der Waals surface area contributed by atoms with Gasteiger partial charge in [-0.3, -0.25) is 4.90 Å². The van der Waals surface area contributed by atoms with E-state index in [1.165, 1.54) is 72.4 Å². The van der Waals surface area contributed by atoms with Crippen molar-refractivity contribution >= 4 is 34.6 Å². The molecule has 1 aromatic heterocycles. The van der Waals surface area contributed by atoms with Gasteiger partial charge in [-0.2, -0.15) is 3.79 Å². The molecule has 5 heterocycles. The van der Waals surface area contributed by atoms with E-state index in [2.05, 4.69) is 71.2 Å². The van der Waals surface area contributed by atoms with E-state index in [4.69, 9.17) is 5.73 Å². The molecule has 0 bridgehead atoms. The van der Waals surface area contributed by atoms with Crippen LogP contribution in [0.15, 0.2) is 60.4 Å². The normalized spacial score (nSPS) is 19.0. The number of rotatable bonds is 4. The Morgan fingerprint density at radius 2 is 1.71 bits per heavy atom.